The van der Waals surface area contributed by atoms with Crippen LogP contribution < -0.4 is 5.32 Å². The van der Waals surface area contributed by atoms with Gasteiger partial charge >= 0.3 is 6.03 Å². The van der Waals surface area contributed by atoms with Crippen molar-refractivity contribution in [3.05, 3.63) is 12.7 Å². The van der Waals surface area contributed by atoms with Gasteiger partial charge in [-0.05, 0) is 52.9 Å². The minimum Gasteiger partial charge on any atom is -0.390 e. The number of aromatic nitrogens is 3. The van der Waals surface area contributed by atoms with Gasteiger partial charge in [0, 0.05) is 25.2 Å². The average Bonchev–Trinajstić information content (AvgIpc) is 3.00. The van der Waals surface area contributed by atoms with Gasteiger partial charge < -0.3 is 19.9 Å². The summed E-state index contributed by atoms with van der Waals surface area (Å²) in [5.74, 6) is 0. The Bertz CT molecular complexity index is 475. The van der Waals surface area contributed by atoms with Crippen molar-refractivity contribution in [1.82, 2.24) is 25.0 Å². The van der Waals surface area contributed by atoms with Crippen LogP contribution >= 0.6 is 0 Å². The van der Waals surface area contributed by atoms with E-state index >= 15 is 0 Å². The monoisotopic (exact) mass is 323 g/mol. The van der Waals surface area contributed by atoms with Crippen molar-refractivity contribution in [2.75, 3.05) is 13.1 Å². The molecule has 1 aliphatic rings. The zero-order valence-corrected chi connectivity index (χ0v) is 14.4. The molecule has 0 unspecified atom stereocenters. The summed E-state index contributed by atoms with van der Waals surface area (Å²) >= 11 is 0. The number of nitrogens with zero attached hydrogens (tertiary/aromatic N) is 4. The first-order chi connectivity index (χ1) is 10.8. The van der Waals surface area contributed by atoms with Gasteiger partial charge in [-0.3, -0.25) is 0 Å². The molecule has 2 heterocycles. The number of aliphatic hydroxyl groups is 1. The summed E-state index contributed by atoms with van der Waals surface area (Å²) < 4.78 is 2.02. The molecule has 2 rings (SSSR count). The van der Waals surface area contributed by atoms with Gasteiger partial charge in [0.15, 0.2) is 0 Å². The highest BCUT2D eigenvalue weighted by Gasteiger charge is 2.24. The molecular weight excluding hydrogens is 294 g/mol. The third kappa shape index (κ3) is 5.82. The summed E-state index contributed by atoms with van der Waals surface area (Å²) in [5, 5.41) is 20.5. The largest absolute Gasteiger partial charge is 0.390 e. The minimum absolute atomic E-state index is 0.0166. The van der Waals surface area contributed by atoms with Crippen LogP contribution in [0.25, 0.3) is 0 Å². The fourth-order valence-electron chi connectivity index (χ4n) is 2.98. The van der Waals surface area contributed by atoms with Crippen LogP contribution in [0.5, 0.6) is 0 Å². The predicted octanol–water partition coefficient (Wildman–Crippen LogP) is 1.95. The van der Waals surface area contributed by atoms with E-state index in [1.807, 2.05) is 30.2 Å². The molecule has 1 atom stereocenters. The molecule has 7 nitrogen and oxygen atoms in total. The molecule has 1 aromatic heterocycles. The molecule has 0 aliphatic carbocycles. The van der Waals surface area contributed by atoms with Crippen LogP contribution in [0.2, 0.25) is 0 Å². The Labute approximate surface area is 138 Å². The first kappa shape index (κ1) is 17.7. The quantitative estimate of drug-likeness (QED) is 0.838. The van der Waals surface area contributed by atoms with Gasteiger partial charge in [-0.25, -0.2) is 4.79 Å². The van der Waals surface area contributed by atoms with Crippen LogP contribution in [0, 0.1) is 0 Å². The number of rotatable bonds is 6. The SMILES string of the molecule is C[C@@H](CCCC(C)(C)O)NC(=O)N1CCC(n2cnnc2)CC1. The molecule has 2 N–H and O–H groups in total. The van der Waals surface area contributed by atoms with Crippen molar-refractivity contribution in [1.29, 1.82) is 0 Å². The Hall–Kier alpha value is -1.63. The second kappa shape index (κ2) is 7.77. The third-order valence-corrected chi connectivity index (χ3v) is 4.41. The van der Waals surface area contributed by atoms with Crippen LogP contribution in [0.3, 0.4) is 0 Å². The topological polar surface area (TPSA) is 83.3 Å². The van der Waals surface area contributed by atoms with E-state index in [0.717, 1.165) is 45.2 Å². The summed E-state index contributed by atoms with van der Waals surface area (Å²) in [4.78, 5) is 14.2. The lowest BCUT2D eigenvalue weighted by Gasteiger charge is -2.33. The summed E-state index contributed by atoms with van der Waals surface area (Å²) in [6.45, 7) is 7.16. The Morgan fingerprint density at radius 1 is 1.35 bits per heavy atom. The number of amides is 2. The Kier molecular flexibility index (Phi) is 5.98. The second-order valence-electron chi connectivity index (χ2n) is 7.18. The van der Waals surface area contributed by atoms with E-state index in [2.05, 4.69) is 15.5 Å². The maximum Gasteiger partial charge on any atom is 0.317 e. The molecule has 1 fully saturated rings. The third-order valence-electron chi connectivity index (χ3n) is 4.41. The zero-order chi connectivity index (χ0) is 16.9. The van der Waals surface area contributed by atoms with Crippen molar-refractivity contribution in [2.45, 2.75) is 70.6 Å². The molecule has 0 bridgehead atoms. The lowest BCUT2D eigenvalue weighted by molar-refractivity contribution is 0.0675. The van der Waals surface area contributed by atoms with Gasteiger partial charge in [-0.1, -0.05) is 0 Å². The molecule has 1 saturated heterocycles. The molecule has 0 radical (unpaired) electrons. The van der Waals surface area contributed by atoms with E-state index in [4.69, 9.17) is 0 Å². The molecule has 1 aromatic rings. The van der Waals surface area contributed by atoms with E-state index in [0.29, 0.717) is 6.04 Å². The van der Waals surface area contributed by atoms with Crippen molar-refractivity contribution in [3.8, 4) is 0 Å². The number of piperidine rings is 1. The normalized spacial score (nSPS) is 18.0. The summed E-state index contributed by atoms with van der Waals surface area (Å²) in [7, 11) is 0. The summed E-state index contributed by atoms with van der Waals surface area (Å²) in [6.07, 6.45) is 7.87. The van der Waals surface area contributed by atoms with Crippen LogP contribution in [0.1, 0.15) is 58.9 Å². The van der Waals surface area contributed by atoms with Gasteiger partial charge in [-0.15, -0.1) is 10.2 Å². The number of likely N-dealkylation sites (tertiary alicyclic amines) is 1. The van der Waals surface area contributed by atoms with Crippen LogP contribution in [0.15, 0.2) is 12.7 Å². The fraction of sp³-hybridized carbons (Fsp3) is 0.812. The molecule has 0 spiro atoms. The summed E-state index contributed by atoms with van der Waals surface area (Å²) in [5.41, 5.74) is -0.631. The Morgan fingerprint density at radius 3 is 2.52 bits per heavy atom. The lowest BCUT2D eigenvalue weighted by Crippen LogP contribution is -2.47. The Balaban J connectivity index is 1.68. The first-order valence-electron chi connectivity index (χ1n) is 8.47. The second-order valence-corrected chi connectivity index (χ2v) is 7.18. The number of hydrogen-bond acceptors (Lipinski definition) is 4. The first-order valence-corrected chi connectivity index (χ1v) is 8.47. The average molecular weight is 323 g/mol. The molecule has 0 aromatic carbocycles. The van der Waals surface area contributed by atoms with E-state index < -0.39 is 5.60 Å². The highest BCUT2D eigenvalue weighted by Crippen LogP contribution is 2.21. The lowest BCUT2D eigenvalue weighted by atomic mass is 10.00. The van der Waals surface area contributed by atoms with E-state index in [1.165, 1.54) is 0 Å². The van der Waals surface area contributed by atoms with Crippen LogP contribution in [-0.2, 0) is 0 Å². The number of carbonyl (C=O) groups is 1. The van der Waals surface area contributed by atoms with Crippen LogP contribution in [0.4, 0.5) is 4.79 Å². The molecule has 7 heteroatoms. The smallest absolute Gasteiger partial charge is 0.317 e. The standard InChI is InChI=1S/C16H29N5O2/c1-13(5-4-8-16(2,3)23)19-15(22)20-9-6-14(7-10-20)21-11-17-18-12-21/h11-14,23H,4-10H2,1-3H3,(H,19,22)/t13-/m0/s1. The fourth-order valence-corrected chi connectivity index (χ4v) is 2.98. The molecule has 23 heavy (non-hydrogen) atoms. The molecule has 1 aliphatic heterocycles. The van der Waals surface area contributed by atoms with E-state index in [-0.39, 0.29) is 12.1 Å². The highest BCUT2D eigenvalue weighted by molar-refractivity contribution is 5.74. The van der Waals surface area contributed by atoms with Crippen molar-refractivity contribution >= 4 is 6.03 Å². The van der Waals surface area contributed by atoms with E-state index in [9.17, 15) is 9.90 Å². The number of hydrogen-bond donors (Lipinski definition) is 2. The van der Waals surface area contributed by atoms with Crippen molar-refractivity contribution in [3.63, 3.8) is 0 Å². The number of carbonyl (C=O) groups excluding carboxylic acids is 1. The molecule has 2 amide bonds. The maximum atomic E-state index is 12.3. The Morgan fingerprint density at radius 2 is 1.96 bits per heavy atom. The van der Waals surface area contributed by atoms with Crippen molar-refractivity contribution < 1.29 is 9.90 Å². The predicted molar refractivity (Wildman–Crippen MR) is 88.0 cm³/mol. The van der Waals surface area contributed by atoms with Gasteiger partial charge in [0.1, 0.15) is 12.7 Å². The molecule has 130 valence electrons. The zero-order valence-electron chi connectivity index (χ0n) is 14.4. The highest BCUT2D eigenvalue weighted by atomic mass is 16.3. The van der Waals surface area contributed by atoms with Gasteiger partial charge in [-0.2, -0.15) is 0 Å². The molecular formula is C16H29N5O2. The minimum atomic E-state index is -0.631. The molecule has 0 saturated carbocycles. The number of nitrogens with one attached hydrogen (secondary N) is 1. The maximum absolute atomic E-state index is 12.3. The van der Waals surface area contributed by atoms with Crippen LogP contribution in [-0.4, -0.2) is 55.5 Å². The number of urea groups is 1. The van der Waals surface area contributed by atoms with Gasteiger partial charge in [0.05, 0.1) is 5.60 Å². The summed E-state index contributed by atoms with van der Waals surface area (Å²) in [6, 6.07) is 0.529. The van der Waals surface area contributed by atoms with Gasteiger partial charge in [0.2, 0.25) is 0 Å². The van der Waals surface area contributed by atoms with E-state index in [1.54, 1.807) is 12.7 Å². The van der Waals surface area contributed by atoms with Gasteiger partial charge in [0.25, 0.3) is 0 Å². The van der Waals surface area contributed by atoms with Crippen molar-refractivity contribution in [2.24, 2.45) is 0 Å².